The van der Waals surface area contributed by atoms with Crippen molar-refractivity contribution in [1.29, 1.82) is 0 Å². The molecule has 1 aliphatic heterocycles. The predicted octanol–water partition coefficient (Wildman–Crippen LogP) is 6.17. The summed E-state index contributed by atoms with van der Waals surface area (Å²) in [4.78, 5) is 17.6. The van der Waals surface area contributed by atoms with Gasteiger partial charge in [-0.25, -0.2) is 9.31 Å². The van der Waals surface area contributed by atoms with E-state index in [4.69, 9.17) is 14.6 Å². The number of carbonyl (C=O) groups is 1. The topological polar surface area (TPSA) is 93.0 Å². The van der Waals surface area contributed by atoms with Gasteiger partial charge in [-0.15, -0.1) is 5.10 Å². The maximum Gasteiger partial charge on any atom is 0.407 e. The Labute approximate surface area is 239 Å². The highest BCUT2D eigenvalue weighted by atomic mass is 16.6. The summed E-state index contributed by atoms with van der Waals surface area (Å²) in [7, 11) is 1.54. The van der Waals surface area contributed by atoms with E-state index < -0.39 is 0 Å². The number of fused-ring (bicyclic) bond motifs is 2. The van der Waals surface area contributed by atoms with Gasteiger partial charge in [0.15, 0.2) is 5.65 Å². The molecule has 2 N–H and O–H groups in total. The summed E-state index contributed by atoms with van der Waals surface area (Å²) in [6, 6.07) is 14.2. The average Bonchev–Trinajstić information content (AvgIpc) is 3.29. The molecule has 40 heavy (non-hydrogen) atoms. The Bertz CT molecular complexity index is 1380. The quantitative estimate of drug-likeness (QED) is 0.365. The van der Waals surface area contributed by atoms with Gasteiger partial charge in [0.2, 0.25) is 5.95 Å². The molecule has 216 valence electrons. The zero-order valence-corrected chi connectivity index (χ0v) is 23.9. The number of amides is 1. The molecule has 9 heteroatoms. The number of nitrogens with zero attached hydrogens (tertiary/aromatic N) is 4. The number of alkyl carbamates (subject to hydrolysis) is 1. The molecule has 3 aromatic rings. The summed E-state index contributed by atoms with van der Waals surface area (Å²) >= 11 is 0. The van der Waals surface area contributed by atoms with E-state index in [1.54, 1.807) is 0 Å². The molecule has 6 rings (SSSR count). The summed E-state index contributed by atoms with van der Waals surface area (Å²) in [5, 5.41) is 10.4. The van der Waals surface area contributed by atoms with Crippen molar-refractivity contribution in [2.24, 2.45) is 11.8 Å². The number of hydrogen-bond acceptors (Lipinski definition) is 7. The van der Waals surface area contributed by atoms with Gasteiger partial charge in [-0.05, 0) is 107 Å². The molecule has 0 bridgehead atoms. The maximum absolute atomic E-state index is 10.5. The van der Waals surface area contributed by atoms with E-state index in [0.717, 1.165) is 41.8 Å². The minimum absolute atomic E-state index is 0. The molecule has 1 saturated heterocycles. The van der Waals surface area contributed by atoms with E-state index in [1.807, 2.05) is 61.7 Å². The van der Waals surface area contributed by atoms with Crippen molar-refractivity contribution in [3.63, 3.8) is 0 Å². The SMILES string of the molecule is C1=CC2CC2C=C1c1cccc2nc(Nc3ccc(OCCN4CCCC4)cc3)nn12.CNC(=O)OC(C)(C)C.[HH].[HH]. The number of carbonyl (C=O) groups excluding carboxylic acids is 1. The monoisotopic (exact) mass is 548 g/mol. The van der Waals surface area contributed by atoms with E-state index in [0.29, 0.717) is 11.9 Å². The molecule has 0 spiro atoms. The van der Waals surface area contributed by atoms with Crippen LogP contribution in [0.4, 0.5) is 16.4 Å². The molecule has 9 nitrogen and oxygen atoms in total. The van der Waals surface area contributed by atoms with Crippen molar-refractivity contribution < 1.29 is 17.1 Å². The molecular formula is C31H44N6O3. The minimum Gasteiger partial charge on any atom is -0.492 e. The third-order valence-corrected chi connectivity index (χ3v) is 7.05. The molecule has 1 saturated carbocycles. The third-order valence-electron chi connectivity index (χ3n) is 7.05. The van der Waals surface area contributed by atoms with Gasteiger partial charge in [0.25, 0.3) is 0 Å². The van der Waals surface area contributed by atoms with Crippen molar-refractivity contribution in [3.8, 4) is 5.75 Å². The highest BCUT2D eigenvalue weighted by molar-refractivity contribution is 5.75. The van der Waals surface area contributed by atoms with Crippen LogP contribution in [0, 0.1) is 11.8 Å². The summed E-state index contributed by atoms with van der Waals surface area (Å²) < 4.78 is 12.7. The van der Waals surface area contributed by atoms with Crippen molar-refractivity contribution in [2.45, 2.75) is 45.6 Å². The Morgan fingerprint density at radius 2 is 1.88 bits per heavy atom. The molecule has 2 fully saturated rings. The Balaban J connectivity index is 0.000000387. The lowest BCUT2D eigenvalue weighted by molar-refractivity contribution is 0.0541. The molecule has 1 amide bonds. The van der Waals surface area contributed by atoms with Gasteiger partial charge in [-0.2, -0.15) is 4.98 Å². The Hall–Kier alpha value is -3.85. The van der Waals surface area contributed by atoms with Crippen LogP contribution in [0.3, 0.4) is 0 Å². The van der Waals surface area contributed by atoms with E-state index in [2.05, 4.69) is 44.8 Å². The number of aromatic nitrogens is 3. The first-order valence-electron chi connectivity index (χ1n) is 14.2. The molecule has 2 unspecified atom stereocenters. The fraction of sp³-hybridized carbons (Fsp3) is 0.452. The van der Waals surface area contributed by atoms with Crippen LogP contribution in [0.5, 0.6) is 5.75 Å². The third kappa shape index (κ3) is 7.41. The fourth-order valence-corrected chi connectivity index (χ4v) is 4.90. The molecule has 2 atom stereocenters. The summed E-state index contributed by atoms with van der Waals surface area (Å²) in [5.41, 5.74) is 3.72. The number of rotatable bonds is 7. The first kappa shape index (κ1) is 27.7. The fourth-order valence-electron chi connectivity index (χ4n) is 4.90. The number of nitrogens with one attached hydrogen (secondary N) is 2. The Morgan fingerprint density at radius 3 is 2.55 bits per heavy atom. The van der Waals surface area contributed by atoms with Crippen LogP contribution in [-0.2, 0) is 4.74 Å². The smallest absolute Gasteiger partial charge is 0.407 e. The number of hydrogen-bond donors (Lipinski definition) is 2. The van der Waals surface area contributed by atoms with Gasteiger partial charge in [0.05, 0.1) is 5.69 Å². The van der Waals surface area contributed by atoms with E-state index in [9.17, 15) is 4.79 Å². The van der Waals surface area contributed by atoms with Gasteiger partial charge in [0.1, 0.15) is 18.0 Å². The summed E-state index contributed by atoms with van der Waals surface area (Å²) in [6.07, 6.45) is 10.4. The zero-order chi connectivity index (χ0) is 28.1. The second-order valence-corrected chi connectivity index (χ2v) is 11.5. The van der Waals surface area contributed by atoms with Gasteiger partial charge in [0, 0.05) is 22.1 Å². The lowest BCUT2D eigenvalue weighted by Gasteiger charge is -2.18. The van der Waals surface area contributed by atoms with Crippen molar-refractivity contribution >= 4 is 28.9 Å². The number of benzene rings is 1. The van der Waals surface area contributed by atoms with Crippen LogP contribution >= 0.6 is 0 Å². The standard InChI is InChI=1S/C25H27N5O.C6H13NO2.2H2/c1-2-13-29(12-1)14-15-31-22-10-8-21(9-11-22)26-25-27-24-5-3-4-23(30(24)28-25)19-7-6-18-16-20(18)17-19;1-6(2,3)9-5(8)7-4;;/h3-11,17-18,20H,1-2,12-16H2,(H,26,28);1-4H3,(H,7,8);2*1H. The number of pyridine rings is 1. The number of anilines is 2. The number of ether oxygens (including phenoxy) is 2. The normalized spacial score (nSPS) is 19.8. The summed E-state index contributed by atoms with van der Waals surface area (Å²) in [5.74, 6) is 2.94. The molecule has 0 radical (unpaired) electrons. The lowest BCUT2D eigenvalue weighted by atomic mass is 10.0. The van der Waals surface area contributed by atoms with Crippen LogP contribution in [0.1, 0.15) is 48.6 Å². The number of allylic oxidation sites excluding steroid dienone is 4. The first-order valence-corrected chi connectivity index (χ1v) is 14.2. The van der Waals surface area contributed by atoms with Crippen molar-refractivity contribution in [2.75, 3.05) is 38.6 Å². The van der Waals surface area contributed by atoms with Crippen LogP contribution in [0.15, 0.2) is 60.7 Å². The molecule has 3 heterocycles. The Kier molecular flexibility index (Phi) is 8.40. The molecular weight excluding hydrogens is 504 g/mol. The molecule has 3 aliphatic rings. The predicted molar refractivity (Wildman–Crippen MR) is 162 cm³/mol. The van der Waals surface area contributed by atoms with Gasteiger partial charge >= 0.3 is 6.09 Å². The van der Waals surface area contributed by atoms with E-state index >= 15 is 0 Å². The largest absolute Gasteiger partial charge is 0.492 e. The molecule has 2 aliphatic carbocycles. The van der Waals surface area contributed by atoms with Gasteiger partial charge in [-0.1, -0.05) is 24.3 Å². The lowest BCUT2D eigenvalue weighted by Crippen LogP contribution is -2.30. The van der Waals surface area contributed by atoms with Crippen LogP contribution in [0.25, 0.3) is 11.2 Å². The Morgan fingerprint density at radius 1 is 1.10 bits per heavy atom. The van der Waals surface area contributed by atoms with Crippen molar-refractivity contribution in [3.05, 3.63) is 66.4 Å². The van der Waals surface area contributed by atoms with Crippen molar-refractivity contribution in [1.82, 2.24) is 24.8 Å². The summed E-state index contributed by atoms with van der Waals surface area (Å²) in [6.45, 7) is 9.60. The second kappa shape index (κ2) is 12.1. The van der Waals surface area contributed by atoms with Crippen LogP contribution in [0.2, 0.25) is 0 Å². The van der Waals surface area contributed by atoms with Gasteiger partial charge in [-0.3, -0.25) is 4.90 Å². The van der Waals surface area contributed by atoms with E-state index in [-0.39, 0.29) is 14.5 Å². The van der Waals surface area contributed by atoms with Gasteiger partial charge < -0.3 is 20.1 Å². The van der Waals surface area contributed by atoms with Crippen LogP contribution in [-0.4, -0.2) is 64.5 Å². The van der Waals surface area contributed by atoms with E-state index in [1.165, 1.54) is 45.0 Å². The maximum atomic E-state index is 10.5. The highest BCUT2D eigenvalue weighted by Crippen LogP contribution is 2.45. The first-order chi connectivity index (χ1) is 19.3. The minimum atomic E-state index is -0.389. The zero-order valence-electron chi connectivity index (χ0n) is 23.9. The average molecular weight is 549 g/mol. The molecule has 2 aromatic heterocycles. The molecule has 1 aromatic carbocycles. The highest BCUT2D eigenvalue weighted by Gasteiger charge is 2.35. The van der Waals surface area contributed by atoms with Crippen LogP contribution < -0.4 is 15.4 Å². The number of likely N-dealkylation sites (tertiary alicyclic amines) is 1. The second-order valence-electron chi connectivity index (χ2n) is 11.5.